The fraction of sp³-hybridized carbons (Fsp3) is 0.133. The van der Waals surface area contributed by atoms with Gasteiger partial charge < -0.3 is 15.7 Å². The maximum absolute atomic E-state index is 12.3. The van der Waals surface area contributed by atoms with Crippen LogP contribution in [0.25, 0.3) is 0 Å². The van der Waals surface area contributed by atoms with E-state index in [1.807, 2.05) is 6.92 Å². The molecule has 2 rings (SSSR count). The summed E-state index contributed by atoms with van der Waals surface area (Å²) < 4.78 is 0. The van der Waals surface area contributed by atoms with Gasteiger partial charge in [0.05, 0.1) is 11.1 Å². The van der Waals surface area contributed by atoms with Crippen LogP contribution < -0.4 is 10.6 Å². The molecular weight excluding hydrogens is 304 g/mol. The molecule has 2 aromatic rings. The second-order valence-electron chi connectivity index (χ2n) is 4.62. The molecule has 0 unspecified atom stereocenters. The van der Waals surface area contributed by atoms with E-state index in [0.717, 1.165) is 4.88 Å². The lowest BCUT2D eigenvalue weighted by Crippen LogP contribution is -2.14. The van der Waals surface area contributed by atoms with Crippen LogP contribution >= 0.6 is 11.3 Å². The lowest BCUT2D eigenvalue weighted by atomic mass is 10.2. The quantitative estimate of drug-likeness (QED) is 0.807. The van der Waals surface area contributed by atoms with Crippen LogP contribution in [-0.2, 0) is 4.79 Å². The molecule has 0 aliphatic heterocycles. The number of hydrogen-bond donors (Lipinski definition) is 3. The van der Waals surface area contributed by atoms with E-state index in [1.54, 1.807) is 6.07 Å². The number of aryl methyl sites for hydroxylation is 1. The predicted molar refractivity (Wildman–Crippen MR) is 84.7 cm³/mol. The first-order valence-electron chi connectivity index (χ1n) is 6.39. The number of hydrogen-bond acceptors (Lipinski definition) is 4. The molecule has 114 valence electrons. The Bertz CT molecular complexity index is 735. The van der Waals surface area contributed by atoms with Gasteiger partial charge in [-0.25, -0.2) is 4.79 Å². The summed E-state index contributed by atoms with van der Waals surface area (Å²) in [5.74, 6) is -1.64. The van der Waals surface area contributed by atoms with Crippen LogP contribution in [0.1, 0.15) is 32.5 Å². The maximum Gasteiger partial charge on any atom is 0.335 e. The summed E-state index contributed by atoms with van der Waals surface area (Å²) in [6.07, 6.45) is 0. The van der Waals surface area contributed by atoms with Crippen LogP contribution in [0.15, 0.2) is 30.3 Å². The summed E-state index contributed by atoms with van der Waals surface area (Å²) in [4.78, 5) is 35.1. The van der Waals surface area contributed by atoms with Gasteiger partial charge in [0, 0.05) is 17.5 Å². The first-order chi connectivity index (χ1) is 10.4. The Morgan fingerprint density at radius 1 is 1.09 bits per heavy atom. The van der Waals surface area contributed by atoms with Crippen molar-refractivity contribution in [1.82, 2.24) is 0 Å². The van der Waals surface area contributed by atoms with Crippen LogP contribution in [0.3, 0.4) is 0 Å². The highest BCUT2D eigenvalue weighted by atomic mass is 32.1. The number of carboxylic acid groups (broad SMARTS) is 1. The van der Waals surface area contributed by atoms with Crippen LogP contribution in [0.4, 0.5) is 10.7 Å². The standard InChI is InChI=1S/C15H14N2O4S/c1-8-7-12(14(22-8)16-9(2)18)13(19)17-11-5-3-10(4-6-11)15(20)21/h3-7H,1-2H3,(H,16,18)(H,17,19)(H,20,21). The lowest BCUT2D eigenvalue weighted by molar-refractivity contribution is -0.114. The zero-order chi connectivity index (χ0) is 16.3. The van der Waals surface area contributed by atoms with Crippen LogP contribution in [0, 0.1) is 6.92 Å². The number of nitrogens with one attached hydrogen (secondary N) is 2. The average Bonchev–Trinajstić information content (AvgIpc) is 2.79. The number of carbonyl (C=O) groups is 3. The molecule has 7 heteroatoms. The lowest BCUT2D eigenvalue weighted by Gasteiger charge is -2.06. The smallest absolute Gasteiger partial charge is 0.335 e. The molecule has 0 aliphatic carbocycles. The topological polar surface area (TPSA) is 95.5 Å². The van der Waals surface area contributed by atoms with E-state index in [9.17, 15) is 14.4 Å². The fourth-order valence-electron chi connectivity index (χ4n) is 1.83. The van der Waals surface area contributed by atoms with E-state index in [0.29, 0.717) is 16.3 Å². The van der Waals surface area contributed by atoms with Gasteiger partial charge in [0.15, 0.2) is 0 Å². The van der Waals surface area contributed by atoms with Crippen molar-refractivity contribution in [2.75, 3.05) is 10.6 Å². The first kappa shape index (κ1) is 15.7. The van der Waals surface area contributed by atoms with Gasteiger partial charge in [-0.2, -0.15) is 0 Å². The van der Waals surface area contributed by atoms with E-state index >= 15 is 0 Å². The van der Waals surface area contributed by atoms with Gasteiger partial charge in [0.1, 0.15) is 5.00 Å². The Balaban J connectivity index is 2.18. The molecule has 3 N–H and O–H groups in total. The van der Waals surface area contributed by atoms with Gasteiger partial charge in [-0.15, -0.1) is 11.3 Å². The van der Waals surface area contributed by atoms with Crippen LogP contribution in [0.5, 0.6) is 0 Å². The molecule has 1 aromatic heterocycles. The highest BCUT2D eigenvalue weighted by Gasteiger charge is 2.16. The Hall–Kier alpha value is -2.67. The van der Waals surface area contributed by atoms with E-state index in [1.165, 1.54) is 42.5 Å². The van der Waals surface area contributed by atoms with Crippen molar-refractivity contribution in [3.8, 4) is 0 Å². The molecule has 2 amide bonds. The predicted octanol–water partition coefficient (Wildman–Crippen LogP) is 2.97. The molecule has 0 aliphatic rings. The molecule has 0 fully saturated rings. The zero-order valence-electron chi connectivity index (χ0n) is 12.0. The second-order valence-corrected chi connectivity index (χ2v) is 5.87. The molecule has 6 nitrogen and oxygen atoms in total. The first-order valence-corrected chi connectivity index (χ1v) is 7.21. The summed E-state index contributed by atoms with van der Waals surface area (Å²) >= 11 is 1.32. The number of carboxylic acids is 1. The molecule has 0 bridgehead atoms. The van der Waals surface area contributed by atoms with E-state index in [2.05, 4.69) is 10.6 Å². The molecule has 0 spiro atoms. The maximum atomic E-state index is 12.3. The van der Waals surface area contributed by atoms with Crippen molar-refractivity contribution in [2.24, 2.45) is 0 Å². The minimum absolute atomic E-state index is 0.142. The molecule has 1 aromatic carbocycles. The third kappa shape index (κ3) is 3.70. The highest BCUT2D eigenvalue weighted by molar-refractivity contribution is 7.16. The van der Waals surface area contributed by atoms with Gasteiger partial charge >= 0.3 is 5.97 Å². The number of thiophene rings is 1. The van der Waals surface area contributed by atoms with Crippen molar-refractivity contribution in [2.45, 2.75) is 13.8 Å². The second kappa shape index (κ2) is 6.40. The van der Waals surface area contributed by atoms with Gasteiger partial charge in [0.2, 0.25) is 5.91 Å². The zero-order valence-corrected chi connectivity index (χ0v) is 12.8. The number of rotatable bonds is 4. The van der Waals surface area contributed by atoms with Crippen LogP contribution in [-0.4, -0.2) is 22.9 Å². The van der Waals surface area contributed by atoms with Crippen LogP contribution in [0.2, 0.25) is 0 Å². The highest BCUT2D eigenvalue weighted by Crippen LogP contribution is 2.28. The largest absolute Gasteiger partial charge is 0.478 e. The SMILES string of the molecule is CC(=O)Nc1sc(C)cc1C(=O)Nc1ccc(C(=O)O)cc1. The molecule has 22 heavy (non-hydrogen) atoms. The third-order valence-electron chi connectivity index (χ3n) is 2.78. The summed E-state index contributed by atoms with van der Waals surface area (Å²) in [5.41, 5.74) is 0.996. The fourth-order valence-corrected chi connectivity index (χ4v) is 2.79. The number of benzene rings is 1. The summed E-state index contributed by atoms with van der Waals surface area (Å²) in [6, 6.07) is 7.53. The van der Waals surface area contributed by atoms with E-state index in [4.69, 9.17) is 5.11 Å². The minimum atomic E-state index is -1.03. The van der Waals surface area contributed by atoms with Gasteiger partial charge in [-0.05, 0) is 37.3 Å². The normalized spacial score (nSPS) is 10.1. The number of anilines is 2. The monoisotopic (exact) mass is 318 g/mol. The average molecular weight is 318 g/mol. The Morgan fingerprint density at radius 2 is 1.73 bits per heavy atom. The third-order valence-corrected chi connectivity index (χ3v) is 3.75. The van der Waals surface area contributed by atoms with Crippen molar-refractivity contribution < 1.29 is 19.5 Å². The Labute approximate surface area is 130 Å². The molecule has 0 saturated heterocycles. The van der Waals surface area contributed by atoms with Crippen molar-refractivity contribution in [3.63, 3.8) is 0 Å². The minimum Gasteiger partial charge on any atom is -0.478 e. The van der Waals surface area contributed by atoms with Crippen molar-refractivity contribution >= 4 is 39.8 Å². The molecular formula is C15H14N2O4S. The summed E-state index contributed by atoms with van der Waals surface area (Å²) in [6.45, 7) is 3.22. The Kier molecular flexibility index (Phi) is 4.57. The molecule has 0 saturated carbocycles. The molecule has 0 radical (unpaired) electrons. The summed E-state index contributed by atoms with van der Waals surface area (Å²) in [7, 11) is 0. The Morgan fingerprint density at radius 3 is 2.27 bits per heavy atom. The van der Waals surface area contributed by atoms with Gasteiger partial charge in [-0.3, -0.25) is 9.59 Å². The number of carbonyl (C=O) groups excluding carboxylic acids is 2. The molecule has 1 heterocycles. The number of amides is 2. The van der Waals surface area contributed by atoms with Crippen molar-refractivity contribution in [1.29, 1.82) is 0 Å². The van der Waals surface area contributed by atoms with Gasteiger partial charge in [0.25, 0.3) is 5.91 Å². The van der Waals surface area contributed by atoms with E-state index < -0.39 is 5.97 Å². The molecule has 0 atom stereocenters. The van der Waals surface area contributed by atoms with E-state index in [-0.39, 0.29) is 17.4 Å². The van der Waals surface area contributed by atoms with Gasteiger partial charge in [-0.1, -0.05) is 0 Å². The number of aromatic carboxylic acids is 1. The summed E-state index contributed by atoms with van der Waals surface area (Å²) in [5, 5.41) is 14.6. The van der Waals surface area contributed by atoms with Crippen molar-refractivity contribution in [3.05, 3.63) is 46.3 Å².